The highest BCUT2D eigenvalue weighted by molar-refractivity contribution is 9.10. The smallest absolute Gasteiger partial charge is 0.255 e. The number of benzene rings is 1. The summed E-state index contributed by atoms with van der Waals surface area (Å²) < 4.78 is 0.945. The number of carbonyl (C=O) groups is 1. The molecule has 1 fully saturated rings. The Morgan fingerprint density at radius 2 is 2.21 bits per heavy atom. The van der Waals surface area contributed by atoms with E-state index in [1.807, 2.05) is 25.1 Å². The lowest BCUT2D eigenvalue weighted by molar-refractivity contribution is 0.0599. The molecule has 1 unspecified atom stereocenters. The second kappa shape index (κ2) is 6.56. The van der Waals surface area contributed by atoms with Crippen LogP contribution in [0.4, 0.5) is 0 Å². The number of hydrogen-bond acceptors (Lipinski definition) is 1. The standard InChI is InChI=1S/C16H22BrNO/c1-3-7-13-9-4-5-11-18(13)16(19)14-10-6-8-12(2)15(14)17/h6,8,10,13H,3-5,7,9,11H2,1-2H3. The van der Waals surface area contributed by atoms with Crippen LogP contribution >= 0.6 is 15.9 Å². The van der Waals surface area contributed by atoms with Crippen molar-refractivity contribution in [3.05, 3.63) is 33.8 Å². The van der Waals surface area contributed by atoms with Gasteiger partial charge in [-0.2, -0.15) is 0 Å². The molecule has 0 aliphatic carbocycles. The lowest BCUT2D eigenvalue weighted by Gasteiger charge is -2.36. The highest BCUT2D eigenvalue weighted by Gasteiger charge is 2.27. The predicted molar refractivity (Wildman–Crippen MR) is 82.5 cm³/mol. The van der Waals surface area contributed by atoms with E-state index in [1.165, 1.54) is 6.42 Å². The van der Waals surface area contributed by atoms with Gasteiger partial charge in [-0.1, -0.05) is 25.5 Å². The first-order valence-corrected chi connectivity index (χ1v) is 8.00. The van der Waals surface area contributed by atoms with Gasteiger partial charge in [-0.15, -0.1) is 0 Å². The third kappa shape index (κ3) is 3.19. The molecule has 1 heterocycles. The van der Waals surface area contributed by atoms with E-state index in [9.17, 15) is 4.79 Å². The molecule has 0 radical (unpaired) electrons. The molecule has 0 aromatic heterocycles. The van der Waals surface area contributed by atoms with Gasteiger partial charge in [0.25, 0.3) is 5.91 Å². The molecule has 1 amide bonds. The first-order valence-electron chi connectivity index (χ1n) is 7.21. The fourth-order valence-electron chi connectivity index (χ4n) is 2.87. The van der Waals surface area contributed by atoms with Crippen LogP contribution in [0.15, 0.2) is 22.7 Å². The van der Waals surface area contributed by atoms with Crippen molar-refractivity contribution in [3.63, 3.8) is 0 Å². The number of aryl methyl sites for hydroxylation is 1. The Labute approximate surface area is 124 Å². The van der Waals surface area contributed by atoms with Crippen LogP contribution < -0.4 is 0 Å². The molecule has 0 N–H and O–H groups in total. The first kappa shape index (κ1) is 14.6. The fourth-order valence-corrected chi connectivity index (χ4v) is 3.30. The summed E-state index contributed by atoms with van der Waals surface area (Å²) in [6.45, 7) is 5.13. The zero-order chi connectivity index (χ0) is 13.8. The maximum atomic E-state index is 12.8. The van der Waals surface area contributed by atoms with Crippen LogP contribution in [0.1, 0.15) is 54.9 Å². The quantitative estimate of drug-likeness (QED) is 0.798. The van der Waals surface area contributed by atoms with Gasteiger partial charge in [-0.3, -0.25) is 4.79 Å². The lowest BCUT2D eigenvalue weighted by atomic mass is 9.97. The summed E-state index contributed by atoms with van der Waals surface area (Å²) in [5.74, 6) is 0.189. The number of amides is 1. The van der Waals surface area contributed by atoms with Crippen LogP contribution in [-0.2, 0) is 0 Å². The predicted octanol–water partition coefficient (Wildman–Crippen LogP) is 4.55. The maximum Gasteiger partial charge on any atom is 0.255 e. The number of likely N-dealkylation sites (tertiary alicyclic amines) is 1. The van der Waals surface area contributed by atoms with Crippen molar-refractivity contribution < 1.29 is 4.79 Å². The maximum absolute atomic E-state index is 12.8. The second-order valence-electron chi connectivity index (χ2n) is 5.37. The van der Waals surface area contributed by atoms with E-state index in [0.717, 1.165) is 47.8 Å². The Morgan fingerprint density at radius 3 is 2.95 bits per heavy atom. The minimum absolute atomic E-state index is 0.189. The number of rotatable bonds is 3. The molecule has 0 saturated carbocycles. The van der Waals surface area contributed by atoms with Crippen molar-refractivity contribution >= 4 is 21.8 Å². The fraction of sp³-hybridized carbons (Fsp3) is 0.562. The van der Waals surface area contributed by atoms with E-state index in [1.54, 1.807) is 0 Å². The van der Waals surface area contributed by atoms with Gasteiger partial charge in [-0.25, -0.2) is 0 Å². The molecule has 19 heavy (non-hydrogen) atoms. The molecule has 104 valence electrons. The van der Waals surface area contributed by atoms with Gasteiger partial charge in [0, 0.05) is 17.1 Å². The number of carbonyl (C=O) groups excluding carboxylic acids is 1. The SMILES string of the molecule is CCCC1CCCCN1C(=O)c1cccc(C)c1Br. The largest absolute Gasteiger partial charge is 0.336 e. The molecule has 1 aliphatic rings. The highest BCUT2D eigenvalue weighted by atomic mass is 79.9. The summed E-state index contributed by atoms with van der Waals surface area (Å²) in [7, 11) is 0. The van der Waals surface area contributed by atoms with E-state index < -0.39 is 0 Å². The summed E-state index contributed by atoms with van der Waals surface area (Å²) in [4.78, 5) is 14.8. The minimum Gasteiger partial charge on any atom is -0.336 e. The van der Waals surface area contributed by atoms with Crippen LogP contribution in [0, 0.1) is 6.92 Å². The zero-order valence-corrected chi connectivity index (χ0v) is 13.4. The summed E-state index contributed by atoms with van der Waals surface area (Å²) in [5, 5.41) is 0. The van der Waals surface area contributed by atoms with Crippen molar-refractivity contribution in [2.45, 2.75) is 52.0 Å². The normalized spacial score (nSPS) is 19.5. The second-order valence-corrected chi connectivity index (χ2v) is 6.17. The molecule has 1 aromatic rings. The van der Waals surface area contributed by atoms with Gasteiger partial charge >= 0.3 is 0 Å². The molecule has 1 aliphatic heterocycles. The van der Waals surface area contributed by atoms with E-state index in [-0.39, 0.29) is 5.91 Å². The van der Waals surface area contributed by atoms with E-state index in [0.29, 0.717) is 6.04 Å². The van der Waals surface area contributed by atoms with Crippen molar-refractivity contribution in [3.8, 4) is 0 Å². The summed E-state index contributed by atoms with van der Waals surface area (Å²) in [5.41, 5.74) is 1.93. The average Bonchev–Trinajstić information content (AvgIpc) is 2.42. The van der Waals surface area contributed by atoms with Gasteiger partial charge in [-0.05, 0) is 60.2 Å². The van der Waals surface area contributed by atoms with Gasteiger partial charge in [0.1, 0.15) is 0 Å². The zero-order valence-electron chi connectivity index (χ0n) is 11.8. The molecule has 1 aromatic carbocycles. The molecule has 1 atom stereocenters. The molecule has 0 bridgehead atoms. The van der Waals surface area contributed by atoms with Gasteiger partial charge in [0.15, 0.2) is 0 Å². The Kier molecular flexibility index (Phi) is 5.03. The highest BCUT2D eigenvalue weighted by Crippen LogP contribution is 2.27. The van der Waals surface area contributed by atoms with Crippen LogP contribution in [0.25, 0.3) is 0 Å². The van der Waals surface area contributed by atoms with Crippen molar-refractivity contribution in [1.29, 1.82) is 0 Å². The number of halogens is 1. The van der Waals surface area contributed by atoms with Gasteiger partial charge in [0.05, 0.1) is 5.56 Å². The molecule has 0 spiro atoms. The summed E-state index contributed by atoms with van der Waals surface area (Å²) in [6, 6.07) is 6.35. The molecule has 1 saturated heterocycles. The van der Waals surface area contributed by atoms with Crippen molar-refractivity contribution in [1.82, 2.24) is 4.90 Å². The average molecular weight is 324 g/mol. The molecular weight excluding hydrogens is 302 g/mol. The topological polar surface area (TPSA) is 20.3 Å². The van der Waals surface area contributed by atoms with E-state index in [4.69, 9.17) is 0 Å². The van der Waals surface area contributed by atoms with Crippen molar-refractivity contribution in [2.24, 2.45) is 0 Å². The minimum atomic E-state index is 0.189. The van der Waals surface area contributed by atoms with Gasteiger partial charge < -0.3 is 4.90 Å². The number of piperidine rings is 1. The van der Waals surface area contributed by atoms with Crippen LogP contribution in [0.3, 0.4) is 0 Å². The molecular formula is C16H22BrNO. The first-order chi connectivity index (χ1) is 9.15. The molecule has 2 rings (SSSR count). The van der Waals surface area contributed by atoms with Crippen LogP contribution in [0.5, 0.6) is 0 Å². The van der Waals surface area contributed by atoms with Gasteiger partial charge in [0.2, 0.25) is 0 Å². The van der Waals surface area contributed by atoms with E-state index >= 15 is 0 Å². The third-order valence-electron chi connectivity index (χ3n) is 3.93. The Bertz CT molecular complexity index is 456. The van der Waals surface area contributed by atoms with Crippen LogP contribution in [-0.4, -0.2) is 23.4 Å². The Hall–Kier alpha value is -0.830. The van der Waals surface area contributed by atoms with Crippen molar-refractivity contribution in [2.75, 3.05) is 6.54 Å². The number of hydrogen-bond donors (Lipinski definition) is 0. The number of nitrogens with zero attached hydrogens (tertiary/aromatic N) is 1. The van der Waals surface area contributed by atoms with Crippen LogP contribution in [0.2, 0.25) is 0 Å². The third-order valence-corrected chi connectivity index (χ3v) is 4.98. The monoisotopic (exact) mass is 323 g/mol. The lowest BCUT2D eigenvalue weighted by Crippen LogP contribution is -2.43. The van der Waals surface area contributed by atoms with E-state index in [2.05, 4.69) is 27.8 Å². The molecule has 2 nitrogen and oxygen atoms in total. The Morgan fingerprint density at radius 1 is 1.42 bits per heavy atom. The summed E-state index contributed by atoms with van der Waals surface area (Å²) >= 11 is 3.56. The Balaban J connectivity index is 2.23. The molecule has 3 heteroatoms. The summed E-state index contributed by atoms with van der Waals surface area (Å²) in [6.07, 6.45) is 5.81.